The molecule has 0 spiro atoms. The Morgan fingerprint density at radius 3 is 2.33 bits per heavy atom. The van der Waals surface area contributed by atoms with E-state index in [1.165, 1.54) is 0 Å². The largest absolute Gasteiger partial charge is 0.276 e. The van der Waals surface area contributed by atoms with Gasteiger partial charge in [0, 0.05) is 0 Å². The molecule has 1 atom stereocenters. The average Bonchev–Trinajstić information content (AvgIpc) is 1.65. The molecule has 0 aliphatic carbocycles. The van der Waals surface area contributed by atoms with Crippen molar-refractivity contribution in [1.29, 1.82) is 0 Å². The second-order valence-corrected chi connectivity index (χ2v) is 1.49. The summed E-state index contributed by atoms with van der Waals surface area (Å²) in [6, 6.07) is 0. The van der Waals surface area contributed by atoms with Gasteiger partial charge < -0.3 is 0 Å². The Hall–Kier alpha value is 0.250. The van der Waals surface area contributed by atoms with E-state index in [0.29, 0.717) is 0 Å². The zero-order valence-electron chi connectivity index (χ0n) is 4.07. The van der Waals surface area contributed by atoms with Crippen LogP contribution < -0.4 is 0 Å². The van der Waals surface area contributed by atoms with Crippen LogP contribution in [0, 0.1) is 0 Å². The summed E-state index contributed by atoms with van der Waals surface area (Å²) in [7, 11) is 0. The number of hydrogen-bond donors (Lipinski definition) is 0. The minimum atomic E-state index is 0.201. The normalized spacial score (nSPS) is 14.5. The van der Waals surface area contributed by atoms with Gasteiger partial charge in [0.2, 0.25) is 0 Å². The Labute approximate surface area is 43.4 Å². The van der Waals surface area contributed by atoms with Crippen molar-refractivity contribution in [2.75, 3.05) is 0 Å². The van der Waals surface area contributed by atoms with Gasteiger partial charge in [0.25, 0.3) is 0 Å². The predicted octanol–water partition coefficient (Wildman–Crippen LogP) is 1.96. The van der Waals surface area contributed by atoms with E-state index in [9.17, 15) is 0 Å². The maximum atomic E-state index is 4.95. The topological polar surface area (TPSA) is 9.23 Å². The van der Waals surface area contributed by atoms with Crippen LogP contribution in [0.15, 0.2) is 0 Å². The van der Waals surface area contributed by atoms with Crippen LogP contribution in [0.25, 0.3) is 0 Å². The van der Waals surface area contributed by atoms with Crippen molar-refractivity contribution < 1.29 is 4.29 Å². The Kier molecular flexibility index (Phi) is 3.58. The van der Waals surface area contributed by atoms with Crippen LogP contribution in [0.1, 0.15) is 20.3 Å². The third-order valence-electron chi connectivity index (χ3n) is 0.727. The van der Waals surface area contributed by atoms with Crippen molar-refractivity contribution in [2.45, 2.75) is 26.4 Å². The van der Waals surface area contributed by atoms with Crippen LogP contribution in [0.4, 0.5) is 0 Å². The summed E-state index contributed by atoms with van der Waals surface area (Å²) < 4.78 is 4.37. The van der Waals surface area contributed by atoms with Crippen molar-refractivity contribution in [3.05, 3.63) is 0 Å². The number of hydrogen-bond acceptors (Lipinski definition) is 1. The van der Waals surface area contributed by atoms with E-state index >= 15 is 0 Å². The van der Waals surface area contributed by atoms with E-state index < -0.39 is 0 Å². The van der Waals surface area contributed by atoms with E-state index in [-0.39, 0.29) is 6.10 Å². The predicted molar refractivity (Wildman–Crippen MR) is 26.7 cm³/mol. The van der Waals surface area contributed by atoms with Crippen molar-refractivity contribution in [1.82, 2.24) is 0 Å². The summed E-state index contributed by atoms with van der Waals surface area (Å²) >= 11 is 4.95. The quantitative estimate of drug-likeness (QED) is 0.526. The van der Waals surface area contributed by atoms with E-state index in [0.717, 1.165) is 6.42 Å². The van der Waals surface area contributed by atoms with Gasteiger partial charge in [0.1, 0.15) is 0 Å². The van der Waals surface area contributed by atoms with E-state index in [4.69, 9.17) is 11.9 Å². The molecule has 0 aromatic carbocycles. The lowest BCUT2D eigenvalue weighted by Crippen LogP contribution is -1.96. The molecule has 0 rings (SSSR count). The minimum Gasteiger partial charge on any atom is -0.276 e. The SMILES string of the molecule is CCC(C)OCl. The number of rotatable bonds is 2. The van der Waals surface area contributed by atoms with Crippen LogP contribution in [0.2, 0.25) is 0 Å². The van der Waals surface area contributed by atoms with Crippen molar-refractivity contribution >= 4 is 11.9 Å². The summed E-state index contributed by atoms with van der Waals surface area (Å²) in [6.07, 6.45) is 1.18. The highest BCUT2D eigenvalue weighted by Crippen LogP contribution is 1.96. The first kappa shape index (κ1) is 6.25. The Morgan fingerprint density at radius 2 is 2.33 bits per heavy atom. The summed E-state index contributed by atoms with van der Waals surface area (Å²) in [5.41, 5.74) is 0. The molecule has 38 valence electrons. The van der Waals surface area contributed by atoms with E-state index in [1.54, 1.807) is 0 Å². The molecule has 0 fully saturated rings. The summed E-state index contributed by atoms with van der Waals surface area (Å²) in [5, 5.41) is 0. The Bertz CT molecular complexity index is 26.7. The van der Waals surface area contributed by atoms with Crippen LogP contribution in [0.5, 0.6) is 0 Å². The first-order valence-electron chi connectivity index (χ1n) is 2.08. The van der Waals surface area contributed by atoms with Crippen LogP contribution in [-0.2, 0) is 4.29 Å². The van der Waals surface area contributed by atoms with Crippen LogP contribution in [-0.4, -0.2) is 6.10 Å². The fourth-order valence-electron chi connectivity index (χ4n) is 0.0630. The summed E-state index contributed by atoms with van der Waals surface area (Å²) in [6.45, 7) is 3.94. The van der Waals surface area contributed by atoms with Gasteiger partial charge in [0.05, 0.1) is 18.0 Å². The smallest absolute Gasteiger partial charge is 0.0760 e. The molecule has 0 aliphatic rings. The maximum absolute atomic E-state index is 4.95. The van der Waals surface area contributed by atoms with E-state index in [1.807, 2.05) is 13.8 Å². The molecule has 0 bridgehead atoms. The third-order valence-corrected chi connectivity index (χ3v) is 1.03. The first-order valence-corrected chi connectivity index (χ1v) is 2.39. The second kappa shape index (κ2) is 3.44. The van der Waals surface area contributed by atoms with Gasteiger partial charge in [-0.25, -0.2) is 0 Å². The van der Waals surface area contributed by atoms with Gasteiger partial charge in [-0.05, 0) is 13.3 Å². The fourth-order valence-corrected chi connectivity index (χ4v) is 0.189. The minimum absolute atomic E-state index is 0.201. The molecule has 0 radical (unpaired) electrons. The molecule has 1 nitrogen and oxygen atoms in total. The molecular formula is C4H9ClO. The van der Waals surface area contributed by atoms with Crippen molar-refractivity contribution in [2.24, 2.45) is 0 Å². The molecule has 0 aromatic heterocycles. The lowest BCUT2D eigenvalue weighted by molar-refractivity contribution is 0.241. The van der Waals surface area contributed by atoms with Gasteiger partial charge >= 0.3 is 0 Å². The molecule has 0 amide bonds. The monoisotopic (exact) mass is 108 g/mol. The lowest BCUT2D eigenvalue weighted by atomic mass is 10.3. The molecule has 1 unspecified atom stereocenters. The lowest BCUT2D eigenvalue weighted by Gasteiger charge is -1.97. The molecular weight excluding hydrogens is 99.5 g/mol. The van der Waals surface area contributed by atoms with Crippen LogP contribution in [0.3, 0.4) is 0 Å². The van der Waals surface area contributed by atoms with Gasteiger partial charge in [-0.1, -0.05) is 6.92 Å². The van der Waals surface area contributed by atoms with Gasteiger partial charge in [-0.15, -0.1) is 0 Å². The third kappa shape index (κ3) is 2.49. The van der Waals surface area contributed by atoms with Gasteiger partial charge in [-0.3, -0.25) is 4.29 Å². The Balaban J connectivity index is 2.75. The van der Waals surface area contributed by atoms with Crippen molar-refractivity contribution in [3.8, 4) is 0 Å². The number of halogens is 1. The zero-order chi connectivity index (χ0) is 4.99. The molecule has 0 saturated heterocycles. The van der Waals surface area contributed by atoms with Gasteiger partial charge in [0.15, 0.2) is 0 Å². The zero-order valence-corrected chi connectivity index (χ0v) is 4.83. The van der Waals surface area contributed by atoms with Crippen LogP contribution >= 0.6 is 11.9 Å². The molecule has 2 heteroatoms. The standard InChI is InChI=1S/C4H9ClO/c1-3-4(2)6-5/h4H,3H2,1-2H3. The summed E-state index contributed by atoms with van der Waals surface area (Å²) in [5.74, 6) is 0. The van der Waals surface area contributed by atoms with Gasteiger partial charge in [-0.2, -0.15) is 0 Å². The molecule has 6 heavy (non-hydrogen) atoms. The molecule has 0 aromatic rings. The second-order valence-electron chi connectivity index (χ2n) is 1.31. The van der Waals surface area contributed by atoms with E-state index in [2.05, 4.69) is 4.29 Å². The highest BCUT2D eigenvalue weighted by Gasteiger charge is 1.91. The summed E-state index contributed by atoms with van der Waals surface area (Å²) in [4.78, 5) is 0. The van der Waals surface area contributed by atoms with Crippen molar-refractivity contribution in [3.63, 3.8) is 0 Å². The first-order chi connectivity index (χ1) is 2.81. The highest BCUT2D eigenvalue weighted by atomic mass is 35.5. The molecule has 0 saturated carbocycles. The average molecular weight is 109 g/mol. The fraction of sp³-hybridized carbons (Fsp3) is 1.00. The Morgan fingerprint density at radius 1 is 1.83 bits per heavy atom. The maximum Gasteiger partial charge on any atom is 0.0760 e. The molecule has 0 heterocycles. The molecule has 0 N–H and O–H groups in total. The highest BCUT2D eigenvalue weighted by molar-refractivity contribution is 6.07. The molecule has 0 aliphatic heterocycles.